The second-order valence-electron chi connectivity index (χ2n) is 5.77. The maximum absolute atomic E-state index is 12.6. The number of hydrogen-bond acceptors (Lipinski definition) is 6. The van der Waals surface area contributed by atoms with E-state index in [0.717, 1.165) is 18.4 Å². The largest absolute Gasteiger partial charge is 0.378 e. The van der Waals surface area contributed by atoms with Crippen LogP contribution >= 0.6 is 0 Å². The molecule has 0 radical (unpaired) electrons. The molecule has 1 atom stereocenters. The van der Waals surface area contributed by atoms with Gasteiger partial charge in [-0.3, -0.25) is 0 Å². The standard InChI is InChI=1S/C15H17N3O4S/c19-23(20,12-6-7-12)18-8-9-21-10-13(18)15-16-14(17-22-15)11-4-2-1-3-5-11/h1-5,12-13H,6-10H2/t13-/m1/s1. The molecule has 2 aromatic rings. The maximum Gasteiger partial charge on any atom is 0.247 e. The molecule has 7 nitrogen and oxygen atoms in total. The van der Waals surface area contributed by atoms with Gasteiger partial charge in [0.05, 0.1) is 18.5 Å². The first-order chi connectivity index (χ1) is 11.2. The Morgan fingerprint density at radius 1 is 1.17 bits per heavy atom. The number of benzene rings is 1. The van der Waals surface area contributed by atoms with Crippen molar-refractivity contribution < 1.29 is 17.7 Å². The monoisotopic (exact) mass is 335 g/mol. The molecule has 1 aliphatic carbocycles. The van der Waals surface area contributed by atoms with Crippen molar-refractivity contribution in [2.75, 3.05) is 19.8 Å². The van der Waals surface area contributed by atoms with E-state index in [9.17, 15) is 8.42 Å². The molecular formula is C15H17N3O4S. The van der Waals surface area contributed by atoms with Gasteiger partial charge in [0, 0.05) is 12.1 Å². The van der Waals surface area contributed by atoms with Gasteiger partial charge in [-0.1, -0.05) is 35.5 Å². The molecule has 1 saturated carbocycles. The maximum atomic E-state index is 12.6. The van der Waals surface area contributed by atoms with Crippen molar-refractivity contribution in [2.24, 2.45) is 0 Å². The van der Waals surface area contributed by atoms with Gasteiger partial charge in [-0.2, -0.15) is 9.29 Å². The van der Waals surface area contributed by atoms with Crippen molar-refractivity contribution in [3.63, 3.8) is 0 Å². The van der Waals surface area contributed by atoms with Crippen LogP contribution in [0.1, 0.15) is 24.8 Å². The lowest BCUT2D eigenvalue weighted by atomic mass is 10.2. The van der Waals surface area contributed by atoms with E-state index in [4.69, 9.17) is 9.26 Å². The van der Waals surface area contributed by atoms with Crippen LogP contribution in [0.2, 0.25) is 0 Å². The predicted octanol–water partition coefficient (Wildman–Crippen LogP) is 1.60. The third-order valence-electron chi connectivity index (χ3n) is 4.11. The van der Waals surface area contributed by atoms with Gasteiger partial charge < -0.3 is 9.26 Å². The van der Waals surface area contributed by atoms with Gasteiger partial charge >= 0.3 is 0 Å². The quantitative estimate of drug-likeness (QED) is 0.844. The second kappa shape index (κ2) is 5.70. The second-order valence-corrected chi connectivity index (χ2v) is 7.93. The summed E-state index contributed by atoms with van der Waals surface area (Å²) in [5.41, 5.74) is 0.829. The summed E-state index contributed by atoms with van der Waals surface area (Å²) in [7, 11) is -3.32. The van der Waals surface area contributed by atoms with Crippen LogP contribution in [0.5, 0.6) is 0 Å². The van der Waals surface area contributed by atoms with Crippen molar-refractivity contribution in [1.82, 2.24) is 14.4 Å². The minimum absolute atomic E-state index is 0.238. The van der Waals surface area contributed by atoms with Crippen LogP contribution in [0.3, 0.4) is 0 Å². The molecule has 1 aromatic heterocycles. The molecule has 122 valence electrons. The van der Waals surface area contributed by atoms with Crippen molar-refractivity contribution in [3.8, 4) is 11.4 Å². The molecular weight excluding hydrogens is 318 g/mol. The Bertz CT molecular complexity index is 786. The van der Waals surface area contributed by atoms with Crippen LogP contribution in [0, 0.1) is 0 Å². The van der Waals surface area contributed by atoms with Gasteiger partial charge in [-0.15, -0.1) is 0 Å². The molecule has 0 unspecified atom stereocenters. The smallest absolute Gasteiger partial charge is 0.247 e. The number of nitrogens with zero attached hydrogens (tertiary/aromatic N) is 3. The van der Waals surface area contributed by atoms with Crippen molar-refractivity contribution in [2.45, 2.75) is 24.1 Å². The van der Waals surface area contributed by atoms with Gasteiger partial charge in [-0.05, 0) is 12.8 Å². The average Bonchev–Trinajstić information content (AvgIpc) is 3.34. The van der Waals surface area contributed by atoms with E-state index in [-0.39, 0.29) is 17.7 Å². The third-order valence-corrected chi connectivity index (χ3v) is 6.52. The lowest BCUT2D eigenvalue weighted by Gasteiger charge is -2.32. The molecule has 0 N–H and O–H groups in total. The molecule has 2 fully saturated rings. The third kappa shape index (κ3) is 2.77. The Labute approximate surface area is 134 Å². The number of rotatable bonds is 4. The zero-order chi connectivity index (χ0) is 15.9. The van der Waals surface area contributed by atoms with Gasteiger partial charge in [-0.25, -0.2) is 8.42 Å². The zero-order valence-electron chi connectivity index (χ0n) is 12.5. The molecule has 4 rings (SSSR count). The van der Waals surface area contributed by atoms with E-state index >= 15 is 0 Å². The average molecular weight is 335 g/mol. The molecule has 0 amide bonds. The number of ether oxygens (including phenoxy) is 1. The lowest BCUT2D eigenvalue weighted by molar-refractivity contribution is 0.0202. The first-order valence-electron chi connectivity index (χ1n) is 7.64. The highest BCUT2D eigenvalue weighted by atomic mass is 32.2. The first-order valence-corrected chi connectivity index (χ1v) is 9.14. The van der Waals surface area contributed by atoms with E-state index in [0.29, 0.717) is 19.0 Å². The van der Waals surface area contributed by atoms with E-state index < -0.39 is 16.1 Å². The fourth-order valence-corrected chi connectivity index (χ4v) is 4.67. The molecule has 23 heavy (non-hydrogen) atoms. The van der Waals surface area contributed by atoms with E-state index in [1.807, 2.05) is 30.3 Å². The zero-order valence-corrected chi connectivity index (χ0v) is 13.3. The fraction of sp³-hybridized carbons (Fsp3) is 0.467. The van der Waals surface area contributed by atoms with E-state index in [1.165, 1.54) is 4.31 Å². The van der Waals surface area contributed by atoms with E-state index in [1.54, 1.807) is 0 Å². The summed E-state index contributed by atoms with van der Waals surface area (Å²) < 4.78 is 37.4. The van der Waals surface area contributed by atoms with Gasteiger partial charge in [0.15, 0.2) is 0 Å². The minimum Gasteiger partial charge on any atom is -0.378 e. The van der Waals surface area contributed by atoms with Crippen molar-refractivity contribution in [1.29, 1.82) is 0 Å². The Morgan fingerprint density at radius 3 is 2.70 bits per heavy atom. The SMILES string of the molecule is O=S(=O)(C1CC1)N1CCOC[C@@H]1c1nc(-c2ccccc2)no1. The molecule has 1 saturated heterocycles. The molecule has 0 spiro atoms. The fourth-order valence-electron chi connectivity index (χ4n) is 2.72. The summed E-state index contributed by atoms with van der Waals surface area (Å²) in [5.74, 6) is 0.739. The summed E-state index contributed by atoms with van der Waals surface area (Å²) in [5, 5.41) is 3.71. The highest BCUT2D eigenvalue weighted by Crippen LogP contribution is 2.36. The number of sulfonamides is 1. The molecule has 2 aliphatic rings. The first kappa shape index (κ1) is 14.8. The molecule has 0 bridgehead atoms. The Kier molecular flexibility index (Phi) is 3.67. The molecule has 1 aliphatic heterocycles. The van der Waals surface area contributed by atoms with Crippen LogP contribution in [0.4, 0.5) is 0 Å². The van der Waals surface area contributed by atoms with Crippen molar-refractivity contribution in [3.05, 3.63) is 36.2 Å². The summed E-state index contributed by atoms with van der Waals surface area (Å²) in [4.78, 5) is 4.38. The Hall–Kier alpha value is -1.77. The van der Waals surface area contributed by atoms with Gasteiger partial charge in [0.2, 0.25) is 21.7 Å². The van der Waals surface area contributed by atoms with Crippen LogP contribution in [0.25, 0.3) is 11.4 Å². The van der Waals surface area contributed by atoms with Crippen molar-refractivity contribution >= 4 is 10.0 Å². The van der Waals surface area contributed by atoms with E-state index in [2.05, 4.69) is 10.1 Å². The number of morpholine rings is 1. The normalized spacial score (nSPS) is 23.0. The highest BCUT2D eigenvalue weighted by Gasteiger charge is 2.45. The summed E-state index contributed by atoms with van der Waals surface area (Å²) in [6.07, 6.45) is 1.46. The Balaban J connectivity index is 1.64. The van der Waals surface area contributed by atoms with Gasteiger partial charge in [0.1, 0.15) is 6.04 Å². The highest BCUT2D eigenvalue weighted by molar-refractivity contribution is 7.90. The summed E-state index contributed by atoms with van der Waals surface area (Å²) in [6.45, 7) is 0.955. The molecule has 8 heteroatoms. The van der Waals surface area contributed by atoms with Crippen LogP contribution in [0.15, 0.2) is 34.9 Å². The molecule has 1 aromatic carbocycles. The lowest BCUT2D eigenvalue weighted by Crippen LogP contribution is -2.44. The number of hydrogen-bond donors (Lipinski definition) is 0. The number of aromatic nitrogens is 2. The molecule has 2 heterocycles. The summed E-state index contributed by atoms with van der Waals surface area (Å²) in [6, 6.07) is 8.90. The van der Waals surface area contributed by atoms with Crippen LogP contribution < -0.4 is 0 Å². The van der Waals surface area contributed by atoms with Crippen LogP contribution in [-0.4, -0.2) is 47.9 Å². The Morgan fingerprint density at radius 2 is 1.96 bits per heavy atom. The predicted molar refractivity (Wildman–Crippen MR) is 81.9 cm³/mol. The topological polar surface area (TPSA) is 85.5 Å². The minimum atomic E-state index is -3.32. The summed E-state index contributed by atoms with van der Waals surface area (Å²) >= 11 is 0. The van der Waals surface area contributed by atoms with Crippen LogP contribution in [-0.2, 0) is 14.8 Å². The van der Waals surface area contributed by atoms with Gasteiger partial charge in [0.25, 0.3) is 0 Å².